The molecule has 0 atom stereocenters. The highest BCUT2D eigenvalue weighted by Gasteiger charge is 2.12. The van der Waals surface area contributed by atoms with Crippen LogP contribution < -0.4 is 10.6 Å². The van der Waals surface area contributed by atoms with Crippen molar-refractivity contribution in [2.45, 2.75) is 0 Å². The zero-order valence-electron chi connectivity index (χ0n) is 11.1. The smallest absolute Gasteiger partial charge is 0.339 e. The van der Waals surface area contributed by atoms with Crippen LogP contribution in [0.25, 0.3) is 0 Å². The van der Waals surface area contributed by atoms with E-state index in [4.69, 9.17) is 4.74 Å². The van der Waals surface area contributed by atoms with E-state index in [1.807, 2.05) is 0 Å². The minimum Gasteiger partial charge on any atom is -0.465 e. The van der Waals surface area contributed by atoms with Crippen molar-refractivity contribution in [3.05, 3.63) is 29.8 Å². The van der Waals surface area contributed by atoms with Crippen LogP contribution in [0.5, 0.6) is 0 Å². The van der Waals surface area contributed by atoms with E-state index >= 15 is 0 Å². The Bertz CT molecular complexity index is 434. The maximum absolute atomic E-state index is 11.7. The quantitative estimate of drug-likeness (QED) is 0.559. The zero-order chi connectivity index (χ0) is 14.1. The molecule has 19 heavy (non-hydrogen) atoms. The Balaban J connectivity index is 2.56. The molecule has 0 aromatic heterocycles. The summed E-state index contributed by atoms with van der Waals surface area (Å²) in [6.07, 6.45) is 0. The summed E-state index contributed by atoms with van der Waals surface area (Å²) in [4.78, 5) is 23.2. The van der Waals surface area contributed by atoms with Gasteiger partial charge >= 0.3 is 5.97 Å². The number of amides is 1. The molecule has 1 amide bonds. The molecule has 1 aromatic rings. The summed E-state index contributed by atoms with van der Waals surface area (Å²) in [5, 5.41) is 5.58. The Labute approximate surface area is 112 Å². The topological polar surface area (TPSA) is 76.7 Å². The number of esters is 1. The summed E-state index contributed by atoms with van der Waals surface area (Å²) in [6, 6.07) is 6.69. The second kappa shape index (κ2) is 8.23. The minimum absolute atomic E-state index is 0.152. The van der Waals surface area contributed by atoms with Crippen molar-refractivity contribution >= 4 is 17.6 Å². The molecule has 6 heteroatoms. The number of methoxy groups -OCH3 is 2. The van der Waals surface area contributed by atoms with Gasteiger partial charge in [0.25, 0.3) is 0 Å². The summed E-state index contributed by atoms with van der Waals surface area (Å²) in [6.45, 7) is 1.27. The van der Waals surface area contributed by atoms with Gasteiger partial charge in [0, 0.05) is 13.7 Å². The fourth-order valence-corrected chi connectivity index (χ4v) is 1.45. The van der Waals surface area contributed by atoms with Crippen molar-refractivity contribution in [2.75, 3.05) is 39.2 Å². The first-order chi connectivity index (χ1) is 9.19. The maximum atomic E-state index is 11.7. The van der Waals surface area contributed by atoms with E-state index in [1.54, 1.807) is 31.4 Å². The van der Waals surface area contributed by atoms with Gasteiger partial charge in [-0.25, -0.2) is 4.79 Å². The van der Waals surface area contributed by atoms with Gasteiger partial charge in [-0.3, -0.25) is 4.79 Å². The van der Waals surface area contributed by atoms with Gasteiger partial charge in [0.15, 0.2) is 0 Å². The molecule has 104 valence electrons. The number of anilines is 1. The molecule has 0 spiro atoms. The molecule has 2 N–H and O–H groups in total. The standard InChI is InChI=1S/C13H18N2O4/c1-18-8-7-14-9-12(16)15-11-6-4-3-5-10(11)13(17)19-2/h3-6,14H,7-9H2,1-2H3,(H,15,16). The van der Waals surface area contributed by atoms with Gasteiger partial charge in [-0.2, -0.15) is 0 Å². The van der Waals surface area contributed by atoms with Crippen molar-refractivity contribution in [1.82, 2.24) is 5.32 Å². The minimum atomic E-state index is -0.483. The molecule has 0 aliphatic rings. The number of nitrogens with one attached hydrogen (secondary N) is 2. The molecule has 1 rings (SSSR count). The monoisotopic (exact) mass is 266 g/mol. The van der Waals surface area contributed by atoms with Gasteiger partial charge in [-0.15, -0.1) is 0 Å². The predicted molar refractivity (Wildman–Crippen MR) is 71.2 cm³/mol. The molecule has 0 radical (unpaired) electrons. The number of para-hydroxylation sites is 1. The highest BCUT2D eigenvalue weighted by molar-refractivity contribution is 6.01. The third-order valence-corrected chi connectivity index (χ3v) is 2.37. The van der Waals surface area contributed by atoms with E-state index in [0.29, 0.717) is 24.4 Å². The lowest BCUT2D eigenvalue weighted by Crippen LogP contribution is -2.30. The van der Waals surface area contributed by atoms with Crippen molar-refractivity contribution in [3.8, 4) is 0 Å². The number of hydrogen-bond donors (Lipinski definition) is 2. The van der Waals surface area contributed by atoms with Crippen LogP contribution in [0.15, 0.2) is 24.3 Å². The van der Waals surface area contributed by atoms with Gasteiger partial charge < -0.3 is 20.1 Å². The largest absolute Gasteiger partial charge is 0.465 e. The van der Waals surface area contributed by atoms with Crippen LogP contribution >= 0.6 is 0 Å². The van der Waals surface area contributed by atoms with E-state index < -0.39 is 5.97 Å². The Morgan fingerprint density at radius 2 is 1.95 bits per heavy atom. The van der Waals surface area contributed by atoms with Gasteiger partial charge in [0.05, 0.1) is 31.5 Å². The summed E-state index contributed by atoms with van der Waals surface area (Å²) in [7, 11) is 2.89. The number of ether oxygens (including phenoxy) is 2. The lowest BCUT2D eigenvalue weighted by molar-refractivity contribution is -0.115. The van der Waals surface area contributed by atoms with E-state index in [0.717, 1.165) is 0 Å². The first-order valence-corrected chi connectivity index (χ1v) is 5.86. The third kappa shape index (κ3) is 5.07. The van der Waals surface area contributed by atoms with Crippen LogP contribution in [0.1, 0.15) is 10.4 Å². The van der Waals surface area contributed by atoms with Gasteiger partial charge in [-0.1, -0.05) is 12.1 Å². The Morgan fingerprint density at radius 1 is 1.21 bits per heavy atom. The average molecular weight is 266 g/mol. The second-order valence-electron chi connectivity index (χ2n) is 3.75. The summed E-state index contributed by atoms with van der Waals surface area (Å²) >= 11 is 0. The Morgan fingerprint density at radius 3 is 2.63 bits per heavy atom. The van der Waals surface area contributed by atoms with E-state index in [-0.39, 0.29) is 12.5 Å². The van der Waals surface area contributed by atoms with Gasteiger partial charge in [0.1, 0.15) is 0 Å². The first-order valence-electron chi connectivity index (χ1n) is 5.86. The molecule has 1 aromatic carbocycles. The second-order valence-corrected chi connectivity index (χ2v) is 3.75. The van der Waals surface area contributed by atoms with Gasteiger partial charge in [-0.05, 0) is 12.1 Å². The van der Waals surface area contributed by atoms with Crippen molar-refractivity contribution in [3.63, 3.8) is 0 Å². The Kier molecular flexibility index (Phi) is 6.56. The van der Waals surface area contributed by atoms with E-state index in [9.17, 15) is 9.59 Å². The highest BCUT2D eigenvalue weighted by Crippen LogP contribution is 2.15. The van der Waals surface area contributed by atoms with Crippen LogP contribution in [0.2, 0.25) is 0 Å². The summed E-state index contributed by atoms with van der Waals surface area (Å²) in [5.74, 6) is -0.712. The SMILES string of the molecule is COCCNCC(=O)Nc1ccccc1C(=O)OC. The molecule has 6 nitrogen and oxygen atoms in total. The number of carbonyl (C=O) groups excluding carboxylic acids is 2. The summed E-state index contributed by atoms with van der Waals surface area (Å²) < 4.78 is 9.50. The molecular weight excluding hydrogens is 248 g/mol. The van der Waals surface area contributed by atoms with Crippen molar-refractivity contribution in [1.29, 1.82) is 0 Å². The number of carbonyl (C=O) groups is 2. The van der Waals surface area contributed by atoms with E-state index in [2.05, 4.69) is 15.4 Å². The maximum Gasteiger partial charge on any atom is 0.339 e. The molecule has 0 heterocycles. The average Bonchev–Trinajstić information content (AvgIpc) is 2.43. The third-order valence-electron chi connectivity index (χ3n) is 2.37. The molecule has 0 saturated carbocycles. The first kappa shape index (κ1) is 15.1. The van der Waals surface area contributed by atoms with Crippen LogP contribution in [0.3, 0.4) is 0 Å². The molecular formula is C13H18N2O4. The zero-order valence-corrected chi connectivity index (χ0v) is 11.1. The molecule has 0 saturated heterocycles. The van der Waals surface area contributed by atoms with Crippen LogP contribution in [0.4, 0.5) is 5.69 Å². The van der Waals surface area contributed by atoms with Crippen LogP contribution in [-0.2, 0) is 14.3 Å². The molecule has 0 unspecified atom stereocenters. The molecule has 0 aliphatic carbocycles. The van der Waals surface area contributed by atoms with Crippen LogP contribution in [0, 0.1) is 0 Å². The lowest BCUT2D eigenvalue weighted by Gasteiger charge is -2.10. The Hall–Kier alpha value is -1.92. The highest BCUT2D eigenvalue weighted by atomic mass is 16.5. The van der Waals surface area contributed by atoms with Crippen molar-refractivity contribution in [2.24, 2.45) is 0 Å². The fourth-order valence-electron chi connectivity index (χ4n) is 1.45. The van der Waals surface area contributed by atoms with Gasteiger partial charge in [0.2, 0.25) is 5.91 Å². The lowest BCUT2D eigenvalue weighted by atomic mass is 10.2. The molecule has 0 fully saturated rings. The van der Waals surface area contributed by atoms with E-state index in [1.165, 1.54) is 7.11 Å². The number of benzene rings is 1. The molecule has 0 bridgehead atoms. The van der Waals surface area contributed by atoms with Crippen molar-refractivity contribution < 1.29 is 19.1 Å². The number of rotatable bonds is 7. The van der Waals surface area contributed by atoms with Crippen LogP contribution in [-0.4, -0.2) is 45.8 Å². The molecule has 0 aliphatic heterocycles. The number of hydrogen-bond acceptors (Lipinski definition) is 5. The summed E-state index contributed by atoms with van der Waals surface area (Å²) in [5.41, 5.74) is 0.767. The normalized spacial score (nSPS) is 10.0. The predicted octanol–water partition coefficient (Wildman–Crippen LogP) is 0.648. The fraction of sp³-hybridized carbons (Fsp3) is 0.385.